The van der Waals surface area contributed by atoms with Gasteiger partial charge in [-0.2, -0.15) is 5.26 Å². The van der Waals surface area contributed by atoms with Gasteiger partial charge >= 0.3 is 0 Å². The van der Waals surface area contributed by atoms with E-state index in [2.05, 4.69) is 21.4 Å². The maximum Gasteiger partial charge on any atom is 0.235 e. The maximum absolute atomic E-state index is 12.5. The van der Waals surface area contributed by atoms with Crippen LogP contribution in [0.3, 0.4) is 0 Å². The number of carbonyl (C=O) groups excluding carboxylic acids is 1. The number of imidazole rings is 1. The number of nitriles is 1. The summed E-state index contributed by atoms with van der Waals surface area (Å²) in [5.41, 5.74) is 3.50. The highest BCUT2D eigenvalue weighted by atomic mass is 32.2. The molecule has 0 saturated heterocycles. The topological polar surface area (TPSA) is 90.8 Å². The molecule has 2 aromatic heterocycles. The van der Waals surface area contributed by atoms with Crippen molar-refractivity contribution in [3.8, 4) is 11.8 Å². The van der Waals surface area contributed by atoms with E-state index in [4.69, 9.17) is 4.74 Å². The van der Waals surface area contributed by atoms with Gasteiger partial charge in [0.1, 0.15) is 16.8 Å². The molecule has 0 spiro atoms. The molecule has 29 heavy (non-hydrogen) atoms. The summed E-state index contributed by atoms with van der Waals surface area (Å²) in [7, 11) is 1.62. The summed E-state index contributed by atoms with van der Waals surface area (Å²) in [5.74, 6) is 0.858. The van der Waals surface area contributed by atoms with Crippen LogP contribution in [-0.2, 0) is 17.6 Å². The van der Waals surface area contributed by atoms with Crippen LogP contribution in [0.2, 0.25) is 0 Å². The summed E-state index contributed by atoms with van der Waals surface area (Å²) < 4.78 is 5.22. The van der Waals surface area contributed by atoms with Gasteiger partial charge in [-0.3, -0.25) is 4.79 Å². The number of aryl methyl sites for hydroxylation is 1. The SMILES string of the molecule is COc1ccc2nc(SCC(=O)Nc3sc4c(c3C#N)CCCCCC4)[nH]c2c1. The lowest BCUT2D eigenvalue weighted by Gasteiger charge is -2.08. The van der Waals surface area contributed by atoms with E-state index in [-0.39, 0.29) is 11.7 Å². The van der Waals surface area contributed by atoms with Crippen LogP contribution in [0.25, 0.3) is 11.0 Å². The lowest BCUT2D eigenvalue weighted by Crippen LogP contribution is -2.14. The Morgan fingerprint density at radius 2 is 2.17 bits per heavy atom. The van der Waals surface area contributed by atoms with Gasteiger partial charge in [0, 0.05) is 10.9 Å². The van der Waals surface area contributed by atoms with Gasteiger partial charge in [-0.05, 0) is 43.4 Å². The number of benzene rings is 1. The number of rotatable bonds is 5. The van der Waals surface area contributed by atoms with Crippen molar-refractivity contribution >= 4 is 45.0 Å². The first-order chi connectivity index (χ1) is 14.2. The third-order valence-corrected chi connectivity index (χ3v) is 7.12. The first-order valence-corrected chi connectivity index (χ1v) is 11.5. The molecule has 4 rings (SSSR count). The Morgan fingerprint density at radius 3 is 2.97 bits per heavy atom. The molecule has 0 atom stereocenters. The number of nitrogens with zero attached hydrogens (tertiary/aromatic N) is 2. The minimum absolute atomic E-state index is 0.126. The average molecular weight is 427 g/mol. The number of amides is 1. The summed E-state index contributed by atoms with van der Waals surface area (Å²) in [6, 6.07) is 7.94. The second-order valence-corrected chi connectivity index (χ2v) is 9.07. The van der Waals surface area contributed by atoms with Crippen molar-refractivity contribution in [2.24, 2.45) is 0 Å². The van der Waals surface area contributed by atoms with Crippen LogP contribution >= 0.6 is 23.1 Å². The Bertz CT molecular complexity index is 1080. The normalized spacial score (nSPS) is 13.9. The summed E-state index contributed by atoms with van der Waals surface area (Å²) in [6.07, 6.45) is 6.64. The van der Waals surface area contributed by atoms with Gasteiger partial charge in [0.05, 0.1) is 29.5 Å². The molecule has 3 aromatic rings. The van der Waals surface area contributed by atoms with E-state index in [1.165, 1.54) is 29.5 Å². The predicted octanol–water partition coefficient (Wildman–Crippen LogP) is 4.89. The van der Waals surface area contributed by atoms with Gasteiger partial charge < -0.3 is 15.0 Å². The molecule has 2 heterocycles. The molecular weight excluding hydrogens is 404 g/mol. The fraction of sp³-hybridized carbons (Fsp3) is 0.381. The molecule has 6 nitrogen and oxygen atoms in total. The quantitative estimate of drug-likeness (QED) is 0.567. The van der Waals surface area contributed by atoms with Crippen LogP contribution in [0.4, 0.5) is 5.00 Å². The van der Waals surface area contributed by atoms with Gasteiger partial charge in [0.2, 0.25) is 5.91 Å². The molecule has 1 amide bonds. The van der Waals surface area contributed by atoms with E-state index in [0.29, 0.717) is 15.7 Å². The summed E-state index contributed by atoms with van der Waals surface area (Å²) >= 11 is 2.91. The first kappa shape index (κ1) is 19.8. The molecule has 0 bridgehead atoms. The zero-order valence-electron chi connectivity index (χ0n) is 16.2. The van der Waals surface area contributed by atoms with Crippen molar-refractivity contribution in [2.75, 3.05) is 18.2 Å². The number of methoxy groups -OCH3 is 1. The molecule has 0 saturated carbocycles. The summed E-state index contributed by atoms with van der Waals surface area (Å²) in [4.78, 5) is 21.5. The number of fused-ring (bicyclic) bond motifs is 2. The van der Waals surface area contributed by atoms with E-state index in [1.54, 1.807) is 18.4 Å². The maximum atomic E-state index is 12.5. The number of thiophene rings is 1. The Labute approximate surface area is 177 Å². The lowest BCUT2D eigenvalue weighted by molar-refractivity contribution is -0.113. The monoisotopic (exact) mass is 426 g/mol. The zero-order valence-corrected chi connectivity index (χ0v) is 17.8. The average Bonchev–Trinajstić information content (AvgIpc) is 3.26. The lowest BCUT2D eigenvalue weighted by atomic mass is 9.97. The van der Waals surface area contributed by atoms with Gasteiger partial charge in [-0.1, -0.05) is 24.6 Å². The van der Waals surface area contributed by atoms with Crippen LogP contribution in [0, 0.1) is 11.3 Å². The number of thioether (sulfide) groups is 1. The van der Waals surface area contributed by atoms with Crippen molar-refractivity contribution in [3.63, 3.8) is 0 Å². The standard InChI is InChI=1S/C21H22N4O2S2/c1-27-13-8-9-16-17(10-13)24-21(23-16)28-12-19(26)25-20-15(11-22)14-6-4-2-3-5-7-18(14)29-20/h8-10H,2-7,12H2,1H3,(H,23,24)(H,25,26). The highest BCUT2D eigenvalue weighted by molar-refractivity contribution is 7.99. The van der Waals surface area contributed by atoms with Gasteiger partial charge in [-0.15, -0.1) is 11.3 Å². The number of carbonyl (C=O) groups is 1. The minimum Gasteiger partial charge on any atom is -0.497 e. The Kier molecular flexibility index (Phi) is 6.07. The van der Waals surface area contributed by atoms with E-state index < -0.39 is 0 Å². The van der Waals surface area contributed by atoms with Gasteiger partial charge in [0.25, 0.3) is 0 Å². The fourth-order valence-corrected chi connectivity index (χ4v) is 5.52. The molecule has 0 fully saturated rings. The van der Waals surface area contributed by atoms with Crippen LogP contribution in [-0.4, -0.2) is 28.7 Å². The van der Waals surface area contributed by atoms with Crippen molar-refractivity contribution in [2.45, 2.75) is 43.7 Å². The molecule has 0 radical (unpaired) electrons. The number of hydrogen-bond acceptors (Lipinski definition) is 6. The zero-order chi connectivity index (χ0) is 20.2. The van der Waals surface area contributed by atoms with Gasteiger partial charge in [0.15, 0.2) is 5.16 Å². The largest absolute Gasteiger partial charge is 0.497 e. The van der Waals surface area contributed by atoms with Crippen LogP contribution in [0.1, 0.15) is 41.7 Å². The van der Waals surface area contributed by atoms with Crippen molar-refractivity contribution in [3.05, 3.63) is 34.2 Å². The Morgan fingerprint density at radius 1 is 1.34 bits per heavy atom. The fourth-order valence-electron chi connectivity index (χ4n) is 3.58. The minimum atomic E-state index is -0.126. The molecule has 0 aliphatic heterocycles. The van der Waals surface area contributed by atoms with Crippen molar-refractivity contribution in [1.82, 2.24) is 9.97 Å². The van der Waals surface area contributed by atoms with E-state index in [1.807, 2.05) is 18.2 Å². The number of aromatic nitrogens is 2. The summed E-state index contributed by atoms with van der Waals surface area (Å²) in [5, 5.41) is 14.0. The second kappa shape index (κ2) is 8.89. The molecule has 2 N–H and O–H groups in total. The van der Waals surface area contributed by atoms with Gasteiger partial charge in [-0.25, -0.2) is 4.98 Å². The molecule has 0 unspecified atom stereocenters. The number of ether oxygens (including phenoxy) is 1. The van der Waals surface area contributed by atoms with Crippen molar-refractivity contribution in [1.29, 1.82) is 5.26 Å². The van der Waals surface area contributed by atoms with E-state index in [0.717, 1.165) is 48.0 Å². The number of hydrogen-bond donors (Lipinski definition) is 2. The molecular formula is C21H22N4O2S2. The molecule has 150 valence electrons. The van der Waals surface area contributed by atoms with E-state index in [9.17, 15) is 10.1 Å². The molecule has 8 heteroatoms. The number of aromatic amines is 1. The highest BCUT2D eigenvalue weighted by Gasteiger charge is 2.20. The smallest absolute Gasteiger partial charge is 0.235 e. The number of anilines is 1. The third kappa shape index (κ3) is 4.41. The Hall–Kier alpha value is -2.50. The molecule has 1 aliphatic rings. The Balaban J connectivity index is 1.43. The third-order valence-electron chi connectivity index (χ3n) is 5.04. The predicted molar refractivity (Wildman–Crippen MR) is 117 cm³/mol. The summed E-state index contributed by atoms with van der Waals surface area (Å²) in [6.45, 7) is 0. The van der Waals surface area contributed by atoms with Crippen LogP contribution < -0.4 is 10.1 Å². The van der Waals surface area contributed by atoms with Crippen LogP contribution in [0.15, 0.2) is 23.4 Å². The molecule has 1 aliphatic carbocycles. The van der Waals surface area contributed by atoms with E-state index >= 15 is 0 Å². The first-order valence-electron chi connectivity index (χ1n) is 9.69. The number of nitrogens with one attached hydrogen (secondary N) is 2. The second-order valence-electron chi connectivity index (χ2n) is 7.00. The van der Waals surface area contributed by atoms with Crippen LogP contribution in [0.5, 0.6) is 5.75 Å². The molecule has 1 aromatic carbocycles. The number of H-pyrrole nitrogens is 1. The highest BCUT2D eigenvalue weighted by Crippen LogP contribution is 2.36. The van der Waals surface area contributed by atoms with Crippen molar-refractivity contribution < 1.29 is 9.53 Å².